The maximum atomic E-state index is 10.7. The van der Waals surface area contributed by atoms with E-state index in [1.54, 1.807) is 0 Å². The van der Waals surface area contributed by atoms with Gasteiger partial charge in [-0.3, -0.25) is 9.69 Å². The van der Waals surface area contributed by atoms with E-state index in [9.17, 15) is 4.79 Å². The van der Waals surface area contributed by atoms with Crippen LogP contribution in [0, 0.1) is 0 Å². The Balaban J connectivity index is 2.01. The molecule has 0 aromatic rings. The van der Waals surface area contributed by atoms with Crippen molar-refractivity contribution in [3.05, 3.63) is 0 Å². The predicted molar refractivity (Wildman–Crippen MR) is 56.1 cm³/mol. The van der Waals surface area contributed by atoms with Crippen molar-refractivity contribution in [2.45, 2.75) is 44.7 Å². The van der Waals surface area contributed by atoms with Crippen molar-refractivity contribution >= 4 is 6.41 Å². The zero-order chi connectivity index (χ0) is 10.2. The molecule has 14 heavy (non-hydrogen) atoms. The summed E-state index contributed by atoms with van der Waals surface area (Å²) in [5.41, 5.74) is 0.171. The first kappa shape index (κ1) is 9.97. The second kappa shape index (κ2) is 3.54. The summed E-state index contributed by atoms with van der Waals surface area (Å²) in [6.45, 7) is 7.34. The molecule has 80 valence electrons. The standard InChI is InChI=1S/C11H20N2O/c1-11(2)8-12(9-14)6-7-13(11)10-4-3-5-10/h9-10H,3-8H2,1-2H3. The van der Waals surface area contributed by atoms with Crippen LogP contribution in [-0.2, 0) is 4.79 Å². The summed E-state index contributed by atoms with van der Waals surface area (Å²) in [4.78, 5) is 15.2. The van der Waals surface area contributed by atoms with Gasteiger partial charge in [-0.15, -0.1) is 0 Å². The molecule has 0 spiro atoms. The van der Waals surface area contributed by atoms with E-state index in [1.807, 2.05) is 4.90 Å². The molecule has 1 aliphatic carbocycles. The molecule has 0 unspecified atom stereocenters. The van der Waals surface area contributed by atoms with Crippen molar-refractivity contribution in [3.8, 4) is 0 Å². The predicted octanol–water partition coefficient (Wildman–Crippen LogP) is 1.09. The molecule has 0 radical (unpaired) electrons. The van der Waals surface area contributed by atoms with Gasteiger partial charge in [0, 0.05) is 31.2 Å². The second-order valence-electron chi connectivity index (χ2n) is 5.17. The molecule has 3 nitrogen and oxygen atoms in total. The van der Waals surface area contributed by atoms with Gasteiger partial charge < -0.3 is 4.90 Å². The molecule has 2 rings (SSSR count). The van der Waals surface area contributed by atoms with Gasteiger partial charge in [-0.2, -0.15) is 0 Å². The summed E-state index contributed by atoms with van der Waals surface area (Å²) in [6, 6.07) is 0.791. The topological polar surface area (TPSA) is 23.6 Å². The minimum atomic E-state index is 0.171. The molecular formula is C11H20N2O. The molecule has 1 amide bonds. The Hall–Kier alpha value is -0.570. The zero-order valence-electron chi connectivity index (χ0n) is 9.20. The fourth-order valence-electron chi connectivity index (χ4n) is 2.67. The van der Waals surface area contributed by atoms with Crippen LogP contribution in [0.15, 0.2) is 0 Å². The number of hydrogen-bond donors (Lipinski definition) is 0. The minimum Gasteiger partial charge on any atom is -0.342 e. The van der Waals surface area contributed by atoms with E-state index in [1.165, 1.54) is 19.3 Å². The highest BCUT2D eigenvalue weighted by Gasteiger charge is 2.39. The number of piperazine rings is 1. The van der Waals surface area contributed by atoms with Crippen LogP contribution >= 0.6 is 0 Å². The molecule has 0 bridgehead atoms. The van der Waals surface area contributed by atoms with Crippen LogP contribution in [0.2, 0.25) is 0 Å². The molecule has 2 aliphatic rings. The largest absolute Gasteiger partial charge is 0.342 e. The fraction of sp³-hybridized carbons (Fsp3) is 0.909. The highest BCUT2D eigenvalue weighted by atomic mass is 16.1. The van der Waals surface area contributed by atoms with Gasteiger partial charge >= 0.3 is 0 Å². The average Bonchev–Trinajstić information content (AvgIpc) is 2.04. The van der Waals surface area contributed by atoms with Gasteiger partial charge in [0.15, 0.2) is 0 Å². The average molecular weight is 196 g/mol. The van der Waals surface area contributed by atoms with Gasteiger partial charge in [0.2, 0.25) is 6.41 Å². The molecule has 1 heterocycles. The maximum Gasteiger partial charge on any atom is 0.209 e. The summed E-state index contributed by atoms with van der Waals surface area (Å²) >= 11 is 0. The summed E-state index contributed by atoms with van der Waals surface area (Å²) in [6.07, 6.45) is 5.07. The lowest BCUT2D eigenvalue weighted by atomic mass is 9.86. The molecule has 1 saturated heterocycles. The second-order valence-corrected chi connectivity index (χ2v) is 5.17. The van der Waals surface area contributed by atoms with E-state index in [-0.39, 0.29) is 5.54 Å². The number of amides is 1. The molecule has 0 atom stereocenters. The lowest BCUT2D eigenvalue weighted by molar-refractivity contribution is -0.125. The number of rotatable bonds is 2. The van der Waals surface area contributed by atoms with Crippen molar-refractivity contribution in [2.75, 3.05) is 19.6 Å². The van der Waals surface area contributed by atoms with Crippen molar-refractivity contribution in [2.24, 2.45) is 0 Å². The van der Waals surface area contributed by atoms with Crippen molar-refractivity contribution in [3.63, 3.8) is 0 Å². The molecule has 1 saturated carbocycles. The third-order valence-corrected chi connectivity index (χ3v) is 3.66. The SMILES string of the molecule is CC1(C)CN(C=O)CCN1C1CCC1. The number of nitrogens with zero attached hydrogens (tertiary/aromatic N) is 2. The Morgan fingerprint density at radius 2 is 2.00 bits per heavy atom. The van der Waals surface area contributed by atoms with E-state index >= 15 is 0 Å². The van der Waals surface area contributed by atoms with Crippen molar-refractivity contribution < 1.29 is 4.79 Å². The van der Waals surface area contributed by atoms with Crippen LogP contribution in [-0.4, -0.2) is 47.4 Å². The van der Waals surface area contributed by atoms with E-state index in [0.717, 1.165) is 32.1 Å². The van der Waals surface area contributed by atoms with E-state index in [0.29, 0.717) is 0 Å². The van der Waals surface area contributed by atoms with Crippen LogP contribution in [0.3, 0.4) is 0 Å². The number of carbonyl (C=O) groups excluding carboxylic acids is 1. The van der Waals surface area contributed by atoms with Crippen LogP contribution < -0.4 is 0 Å². The Morgan fingerprint density at radius 1 is 1.29 bits per heavy atom. The summed E-state index contributed by atoms with van der Waals surface area (Å²) in [7, 11) is 0. The van der Waals surface area contributed by atoms with Gasteiger partial charge in [0.05, 0.1) is 0 Å². The quantitative estimate of drug-likeness (QED) is 0.617. The van der Waals surface area contributed by atoms with Crippen molar-refractivity contribution in [1.82, 2.24) is 9.80 Å². The Morgan fingerprint density at radius 3 is 2.43 bits per heavy atom. The zero-order valence-corrected chi connectivity index (χ0v) is 9.20. The number of carbonyl (C=O) groups is 1. The molecule has 0 aromatic heterocycles. The molecule has 0 N–H and O–H groups in total. The lowest BCUT2D eigenvalue weighted by Gasteiger charge is -2.52. The Kier molecular flexibility index (Phi) is 2.52. The first-order valence-corrected chi connectivity index (χ1v) is 5.59. The van der Waals surface area contributed by atoms with E-state index in [2.05, 4.69) is 18.7 Å². The third kappa shape index (κ3) is 1.65. The van der Waals surface area contributed by atoms with Gasteiger partial charge in [0.1, 0.15) is 0 Å². The number of hydrogen-bond acceptors (Lipinski definition) is 2. The van der Waals surface area contributed by atoms with Crippen LogP contribution in [0.4, 0.5) is 0 Å². The molecule has 2 fully saturated rings. The van der Waals surface area contributed by atoms with Crippen LogP contribution in [0.5, 0.6) is 0 Å². The smallest absolute Gasteiger partial charge is 0.209 e. The molecule has 1 aliphatic heterocycles. The fourth-order valence-corrected chi connectivity index (χ4v) is 2.67. The van der Waals surface area contributed by atoms with Crippen molar-refractivity contribution in [1.29, 1.82) is 0 Å². The normalized spacial score (nSPS) is 28.6. The third-order valence-electron chi connectivity index (χ3n) is 3.66. The molecular weight excluding hydrogens is 176 g/mol. The first-order valence-electron chi connectivity index (χ1n) is 5.59. The van der Waals surface area contributed by atoms with Gasteiger partial charge in [-0.25, -0.2) is 0 Å². The highest BCUT2D eigenvalue weighted by molar-refractivity contribution is 5.47. The van der Waals surface area contributed by atoms with Crippen LogP contribution in [0.25, 0.3) is 0 Å². The highest BCUT2D eigenvalue weighted by Crippen LogP contribution is 2.32. The van der Waals surface area contributed by atoms with Gasteiger partial charge in [0.25, 0.3) is 0 Å². The van der Waals surface area contributed by atoms with E-state index in [4.69, 9.17) is 0 Å². The van der Waals surface area contributed by atoms with Crippen LogP contribution in [0.1, 0.15) is 33.1 Å². The first-order chi connectivity index (χ1) is 6.63. The maximum absolute atomic E-state index is 10.7. The monoisotopic (exact) mass is 196 g/mol. The Labute approximate surface area is 86.1 Å². The lowest BCUT2D eigenvalue weighted by Crippen LogP contribution is -2.63. The van der Waals surface area contributed by atoms with Gasteiger partial charge in [-0.1, -0.05) is 6.42 Å². The summed E-state index contributed by atoms with van der Waals surface area (Å²) in [5.74, 6) is 0. The Bertz CT molecular complexity index is 223. The summed E-state index contributed by atoms with van der Waals surface area (Å²) in [5, 5.41) is 0. The molecule has 0 aromatic carbocycles. The van der Waals surface area contributed by atoms with E-state index < -0.39 is 0 Å². The van der Waals surface area contributed by atoms with Gasteiger partial charge in [-0.05, 0) is 26.7 Å². The molecule has 3 heteroatoms. The minimum absolute atomic E-state index is 0.171. The summed E-state index contributed by atoms with van der Waals surface area (Å²) < 4.78 is 0.